The molecular formula is C4H13ClN2PtS+. The van der Waals surface area contributed by atoms with Gasteiger partial charge in [0.2, 0.25) is 0 Å². The Labute approximate surface area is 75.9 Å². The van der Waals surface area contributed by atoms with E-state index in [4.69, 9.17) is 11.5 Å². The molecule has 0 unspecified atom stereocenters. The topological polar surface area (TPSA) is 52.0 Å². The zero-order chi connectivity index (χ0) is 7.54. The Balaban J connectivity index is 0. The van der Waals surface area contributed by atoms with Crippen molar-refractivity contribution in [3.8, 4) is 0 Å². The number of rotatable bonds is 4. The third-order valence-corrected chi connectivity index (χ3v) is 1.72. The fraction of sp³-hybridized carbons (Fsp3) is 1.00. The Morgan fingerprint density at radius 3 is 1.67 bits per heavy atom. The van der Waals surface area contributed by atoms with Gasteiger partial charge in [-0.1, -0.05) is 0 Å². The Kier molecular flexibility index (Phi) is 23.1. The molecule has 9 heavy (non-hydrogen) atoms. The van der Waals surface area contributed by atoms with E-state index < -0.39 is 0 Å². The van der Waals surface area contributed by atoms with Crippen molar-refractivity contribution in [1.82, 2.24) is 0 Å². The van der Waals surface area contributed by atoms with Crippen LogP contribution >= 0.6 is 9.42 Å². The first kappa shape index (κ1) is 12.9. The molecule has 0 aromatic heterocycles. The first-order chi connectivity index (χ1) is 4.41. The molecular weight excluding hydrogens is 339 g/mol. The van der Waals surface area contributed by atoms with E-state index in [0.717, 1.165) is 24.6 Å². The molecule has 0 atom stereocenters. The van der Waals surface area contributed by atoms with Crippen molar-refractivity contribution in [1.29, 1.82) is 0 Å². The normalized spacial score (nSPS) is 8.11. The molecule has 0 aromatic rings. The SMILES string of the molecule is NCC[SH+]CCN.[Cl][Pt]. The van der Waals surface area contributed by atoms with Crippen LogP contribution in [0.25, 0.3) is 0 Å². The summed E-state index contributed by atoms with van der Waals surface area (Å²) < 4.78 is 0. The second-order valence-corrected chi connectivity index (χ2v) is 2.59. The molecule has 0 aliphatic heterocycles. The average Bonchev–Trinajstić information content (AvgIpc) is 1.94. The molecule has 0 spiro atoms. The molecule has 0 rings (SSSR count). The number of hydrogen-bond acceptors (Lipinski definition) is 2. The van der Waals surface area contributed by atoms with Gasteiger partial charge in [-0.05, 0) is 11.8 Å². The van der Waals surface area contributed by atoms with Gasteiger partial charge in [-0.25, -0.2) is 0 Å². The van der Waals surface area contributed by atoms with E-state index in [-0.39, 0.29) is 0 Å². The van der Waals surface area contributed by atoms with Gasteiger partial charge in [0.25, 0.3) is 0 Å². The molecule has 0 aliphatic rings. The van der Waals surface area contributed by atoms with E-state index >= 15 is 0 Å². The van der Waals surface area contributed by atoms with Crippen molar-refractivity contribution in [2.75, 3.05) is 24.6 Å². The summed E-state index contributed by atoms with van der Waals surface area (Å²) in [4.78, 5) is 0. The van der Waals surface area contributed by atoms with Crippen LogP contribution in [0.5, 0.6) is 0 Å². The van der Waals surface area contributed by atoms with Crippen LogP contribution in [0.3, 0.4) is 0 Å². The van der Waals surface area contributed by atoms with Crippen molar-refractivity contribution >= 4 is 21.2 Å². The summed E-state index contributed by atoms with van der Waals surface area (Å²) in [7, 11) is 4.61. The van der Waals surface area contributed by atoms with Crippen LogP contribution in [0.15, 0.2) is 0 Å². The van der Waals surface area contributed by atoms with Gasteiger partial charge in [-0.15, -0.1) is 0 Å². The van der Waals surface area contributed by atoms with Gasteiger partial charge in [0.15, 0.2) is 0 Å². The van der Waals surface area contributed by atoms with Crippen molar-refractivity contribution in [3.63, 3.8) is 0 Å². The fourth-order valence-corrected chi connectivity index (χ4v) is 0.883. The maximum atomic E-state index is 5.22. The summed E-state index contributed by atoms with van der Waals surface area (Å²) in [5.74, 6) is 2.19. The van der Waals surface area contributed by atoms with Gasteiger partial charge in [0.1, 0.15) is 11.5 Å². The number of thiol groups is 1. The maximum absolute atomic E-state index is 5.22. The van der Waals surface area contributed by atoms with Gasteiger partial charge in [-0.3, -0.25) is 0 Å². The molecule has 0 saturated heterocycles. The van der Waals surface area contributed by atoms with Crippen molar-refractivity contribution in [2.45, 2.75) is 0 Å². The van der Waals surface area contributed by atoms with E-state index in [1.54, 1.807) is 18.8 Å². The van der Waals surface area contributed by atoms with Gasteiger partial charge in [0, 0.05) is 13.1 Å². The molecule has 2 nitrogen and oxygen atoms in total. The van der Waals surface area contributed by atoms with Crippen LogP contribution in [-0.4, -0.2) is 24.6 Å². The molecule has 0 amide bonds. The van der Waals surface area contributed by atoms with Crippen molar-refractivity contribution < 1.29 is 18.8 Å². The third kappa shape index (κ3) is 17.6. The summed E-state index contributed by atoms with van der Waals surface area (Å²) in [6.07, 6.45) is 0. The summed E-state index contributed by atoms with van der Waals surface area (Å²) in [5, 5.41) is 0. The Morgan fingerprint density at radius 1 is 1.11 bits per heavy atom. The van der Waals surface area contributed by atoms with Crippen molar-refractivity contribution in [3.05, 3.63) is 0 Å². The van der Waals surface area contributed by atoms with Crippen LogP contribution in [-0.2, 0) is 30.5 Å². The number of nitrogens with two attached hydrogens (primary N) is 2. The standard InChI is InChI=1S/C4H12N2S.ClH.Pt/c5-1-3-7-4-2-6;;/h1-6H2;1H;/q;;+1. The molecule has 4 N–H and O–H groups in total. The Hall–Kier alpha value is 1.25. The molecule has 0 aliphatic carbocycles. The fourth-order valence-electron chi connectivity index (χ4n) is 0.294. The summed E-state index contributed by atoms with van der Waals surface area (Å²) in [6.45, 7) is 1.59. The van der Waals surface area contributed by atoms with Crippen LogP contribution in [0.2, 0.25) is 0 Å². The second kappa shape index (κ2) is 16.1. The van der Waals surface area contributed by atoms with Gasteiger partial charge >= 0.3 is 28.2 Å². The van der Waals surface area contributed by atoms with E-state index in [9.17, 15) is 0 Å². The molecule has 0 fully saturated rings. The van der Waals surface area contributed by atoms with Crippen molar-refractivity contribution in [2.24, 2.45) is 11.5 Å². The monoisotopic (exact) mass is 351 g/mol. The average molecular weight is 352 g/mol. The van der Waals surface area contributed by atoms with E-state index in [1.165, 1.54) is 11.8 Å². The summed E-state index contributed by atoms with van der Waals surface area (Å²) in [6, 6.07) is 0. The van der Waals surface area contributed by atoms with E-state index in [0.29, 0.717) is 0 Å². The van der Waals surface area contributed by atoms with Crippen LogP contribution in [0.1, 0.15) is 0 Å². The number of halogens is 1. The number of hydrogen-bond donors (Lipinski definition) is 2. The van der Waals surface area contributed by atoms with Crippen LogP contribution < -0.4 is 11.5 Å². The molecule has 0 saturated carbocycles. The predicted octanol–water partition coefficient (Wildman–Crippen LogP) is -0.594. The van der Waals surface area contributed by atoms with E-state index in [2.05, 4.69) is 9.42 Å². The Bertz CT molecular complexity index is 37.7. The van der Waals surface area contributed by atoms with Gasteiger partial charge in [0.05, 0.1) is 0 Å². The summed E-state index contributed by atoms with van der Waals surface area (Å²) in [5.41, 5.74) is 10.4. The zero-order valence-electron chi connectivity index (χ0n) is 5.12. The van der Waals surface area contributed by atoms with Crippen LogP contribution in [0, 0.1) is 0 Å². The second-order valence-electron chi connectivity index (χ2n) is 1.25. The first-order valence-electron chi connectivity index (χ1n) is 2.57. The van der Waals surface area contributed by atoms with Crippen LogP contribution in [0.4, 0.5) is 0 Å². The minimum atomic E-state index is 0.793. The molecule has 5 heteroatoms. The molecule has 0 radical (unpaired) electrons. The van der Waals surface area contributed by atoms with E-state index in [1.807, 2.05) is 0 Å². The zero-order valence-corrected chi connectivity index (χ0v) is 9.05. The quantitative estimate of drug-likeness (QED) is 0.404. The minimum absolute atomic E-state index is 0.793. The first-order valence-corrected chi connectivity index (χ1v) is 6.65. The third-order valence-electron chi connectivity index (χ3n) is 0.574. The summed E-state index contributed by atoms with van der Waals surface area (Å²) >= 11 is 3.00. The molecule has 0 bridgehead atoms. The molecule has 0 aromatic carbocycles. The van der Waals surface area contributed by atoms with Gasteiger partial charge < -0.3 is 11.5 Å². The molecule has 0 heterocycles. The van der Waals surface area contributed by atoms with Gasteiger partial charge in [-0.2, -0.15) is 0 Å². The molecule has 61 valence electrons. The predicted molar refractivity (Wildman–Crippen MR) is 42.5 cm³/mol. The Morgan fingerprint density at radius 2 is 1.44 bits per heavy atom.